The van der Waals surface area contributed by atoms with Gasteiger partial charge >= 0.3 is 0 Å². The van der Waals surface area contributed by atoms with Gasteiger partial charge in [-0.15, -0.1) is 0 Å². The molecule has 6 heteroatoms. The Balaban J connectivity index is 2.17. The molecule has 2 aromatic rings. The van der Waals surface area contributed by atoms with Crippen molar-refractivity contribution >= 4 is 23.6 Å². The molecule has 116 valence electrons. The molecule has 1 heterocycles. The number of nitrogens with zero attached hydrogens (tertiary/aromatic N) is 2. The lowest BCUT2D eigenvalue weighted by atomic mass is 10.1. The van der Waals surface area contributed by atoms with Crippen molar-refractivity contribution in [2.75, 3.05) is 7.11 Å². The Bertz CT molecular complexity index is 767. The van der Waals surface area contributed by atoms with Crippen molar-refractivity contribution in [2.24, 2.45) is 0 Å². The molecule has 0 saturated carbocycles. The van der Waals surface area contributed by atoms with Crippen LogP contribution in [0.5, 0.6) is 5.75 Å². The first kappa shape index (κ1) is 16.5. The molecule has 1 N–H and O–H groups in total. The third-order valence-corrected chi connectivity index (χ3v) is 3.25. The van der Waals surface area contributed by atoms with Gasteiger partial charge in [0.05, 0.1) is 19.3 Å². The molecule has 1 aromatic heterocycles. The standard InChI is InChI=1S/C17H14ClN3O2/c1-23-16-6-5-14(18)9-12(16)8-13(10-19)17(22)21-11-15-4-2-3-7-20-15/h2-9H,11H2,1H3,(H,21,22)/b13-8+. The molecule has 0 saturated heterocycles. The molecule has 0 radical (unpaired) electrons. The molecule has 0 fully saturated rings. The van der Waals surface area contributed by atoms with E-state index in [1.165, 1.54) is 13.2 Å². The van der Waals surface area contributed by atoms with Gasteiger partial charge < -0.3 is 10.1 Å². The number of hydrogen-bond acceptors (Lipinski definition) is 4. The van der Waals surface area contributed by atoms with Crippen molar-refractivity contribution in [1.82, 2.24) is 10.3 Å². The number of nitrogens with one attached hydrogen (secondary N) is 1. The van der Waals surface area contributed by atoms with Gasteiger partial charge in [0.25, 0.3) is 5.91 Å². The van der Waals surface area contributed by atoms with E-state index < -0.39 is 5.91 Å². The Morgan fingerprint density at radius 1 is 1.43 bits per heavy atom. The maximum atomic E-state index is 12.1. The Hall–Kier alpha value is -2.84. The molecule has 0 aliphatic heterocycles. The van der Waals surface area contributed by atoms with Crippen molar-refractivity contribution in [2.45, 2.75) is 6.54 Å². The molecule has 5 nitrogen and oxygen atoms in total. The minimum atomic E-state index is -0.486. The minimum Gasteiger partial charge on any atom is -0.496 e. The first-order valence-corrected chi connectivity index (χ1v) is 7.15. The number of rotatable bonds is 5. The van der Waals surface area contributed by atoms with Crippen LogP contribution in [0.4, 0.5) is 0 Å². The lowest BCUT2D eigenvalue weighted by Crippen LogP contribution is -2.24. The SMILES string of the molecule is COc1ccc(Cl)cc1/C=C(\C#N)C(=O)NCc1ccccn1. The molecule has 1 amide bonds. The average Bonchev–Trinajstić information content (AvgIpc) is 2.58. The van der Waals surface area contributed by atoms with E-state index in [-0.39, 0.29) is 12.1 Å². The van der Waals surface area contributed by atoms with Gasteiger partial charge in [-0.2, -0.15) is 5.26 Å². The number of carbonyl (C=O) groups is 1. The number of amides is 1. The van der Waals surface area contributed by atoms with E-state index in [4.69, 9.17) is 16.3 Å². The molecule has 0 atom stereocenters. The largest absolute Gasteiger partial charge is 0.496 e. The van der Waals surface area contributed by atoms with Gasteiger partial charge in [0.2, 0.25) is 0 Å². The highest BCUT2D eigenvalue weighted by atomic mass is 35.5. The summed E-state index contributed by atoms with van der Waals surface area (Å²) in [4.78, 5) is 16.2. The van der Waals surface area contributed by atoms with Gasteiger partial charge in [0.15, 0.2) is 0 Å². The lowest BCUT2D eigenvalue weighted by molar-refractivity contribution is -0.117. The van der Waals surface area contributed by atoms with Gasteiger partial charge in [0.1, 0.15) is 17.4 Å². The first-order valence-electron chi connectivity index (χ1n) is 6.77. The smallest absolute Gasteiger partial charge is 0.262 e. The number of hydrogen-bond donors (Lipinski definition) is 1. The molecule has 0 unspecified atom stereocenters. The third-order valence-electron chi connectivity index (χ3n) is 3.01. The van der Waals surface area contributed by atoms with Crippen LogP contribution in [0.2, 0.25) is 5.02 Å². The monoisotopic (exact) mass is 327 g/mol. The normalized spacial score (nSPS) is 10.7. The van der Waals surface area contributed by atoms with Crippen LogP contribution in [-0.4, -0.2) is 18.0 Å². The van der Waals surface area contributed by atoms with Crippen molar-refractivity contribution in [3.05, 3.63) is 64.4 Å². The number of aromatic nitrogens is 1. The Morgan fingerprint density at radius 2 is 2.26 bits per heavy atom. The predicted octanol–water partition coefficient (Wildman–Crippen LogP) is 2.97. The van der Waals surface area contributed by atoms with Crippen LogP contribution in [0.15, 0.2) is 48.2 Å². The topological polar surface area (TPSA) is 75.0 Å². The van der Waals surface area contributed by atoms with Crippen molar-refractivity contribution < 1.29 is 9.53 Å². The summed E-state index contributed by atoms with van der Waals surface area (Å²) in [6.07, 6.45) is 3.08. The zero-order valence-corrected chi connectivity index (χ0v) is 13.2. The van der Waals surface area contributed by atoms with Crippen LogP contribution in [-0.2, 0) is 11.3 Å². The number of ether oxygens (including phenoxy) is 1. The minimum absolute atomic E-state index is 0.0403. The summed E-state index contributed by atoms with van der Waals surface area (Å²) in [5.74, 6) is 0.0415. The van der Waals surface area contributed by atoms with Crippen LogP contribution >= 0.6 is 11.6 Å². The third kappa shape index (κ3) is 4.56. The highest BCUT2D eigenvalue weighted by Crippen LogP contribution is 2.24. The highest BCUT2D eigenvalue weighted by Gasteiger charge is 2.11. The predicted molar refractivity (Wildman–Crippen MR) is 87.7 cm³/mol. The van der Waals surface area contributed by atoms with Crippen LogP contribution in [0.25, 0.3) is 6.08 Å². The van der Waals surface area contributed by atoms with Crippen LogP contribution < -0.4 is 10.1 Å². The second-order valence-corrected chi connectivity index (χ2v) is 5.00. The Morgan fingerprint density at radius 3 is 2.91 bits per heavy atom. The zero-order valence-electron chi connectivity index (χ0n) is 12.4. The van der Waals surface area contributed by atoms with Gasteiger partial charge in [-0.1, -0.05) is 17.7 Å². The summed E-state index contributed by atoms with van der Waals surface area (Å²) in [5, 5.41) is 12.4. The van der Waals surface area contributed by atoms with Gasteiger partial charge in [-0.05, 0) is 36.4 Å². The maximum absolute atomic E-state index is 12.1. The van der Waals surface area contributed by atoms with E-state index in [1.807, 2.05) is 12.1 Å². The van der Waals surface area contributed by atoms with Crippen molar-refractivity contribution in [1.29, 1.82) is 5.26 Å². The molecule has 0 bridgehead atoms. The fourth-order valence-electron chi connectivity index (χ4n) is 1.89. The average molecular weight is 328 g/mol. The molecule has 0 aliphatic rings. The number of nitriles is 1. The van der Waals surface area contributed by atoms with Crippen LogP contribution in [0, 0.1) is 11.3 Å². The van der Waals surface area contributed by atoms with Gasteiger partial charge in [-0.3, -0.25) is 9.78 Å². The number of halogens is 1. The van der Waals surface area contributed by atoms with E-state index in [2.05, 4.69) is 10.3 Å². The summed E-state index contributed by atoms with van der Waals surface area (Å²) in [6, 6.07) is 12.3. The summed E-state index contributed by atoms with van der Waals surface area (Å²) in [7, 11) is 1.51. The van der Waals surface area contributed by atoms with Crippen LogP contribution in [0.3, 0.4) is 0 Å². The van der Waals surface area contributed by atoms with E-state index in [0.29, 0.717) is 22.0 Å². The number of pyridine rings is 1. The van der Waals surface area contributed by atoms with E-state index in [1.54, 1.807) is 36.5 Å². The van der Waals surface area contributed by atoms with Gasteiger partial charge in [-0.25, -0.2) is 0 Å². The Labute approximate surface area is 139 Å². The summed E-state index contributed by atoms with van der Waals surface area (Å²) < 4.78 is 5.20. The lowest BCUT2D eigenvalue weighted by Gasteiger charge is -2.07. The van der Waals surface area contributed by atoms with Gasteiger partial charge in [0, 0.05) is 16.8 Å². The maximum Gasteiger partial charge on any atom is 0.262 e. The highest BCUT2D eigenvalue weighted by molar-refractivity contribution is 6.30. The molecule has 23 heavy (non-hydrogen) atoms. The molecular weight excluding hydrogens is 314 g/mol. The number of carbonyl (C=O) groups excluding carboxylic acids is 1. The van der Waals surface area contributed by atoms with Crippen molar-refractivity contribution in [3.63, 3.8) is 0 Å². The molecular formula is C17H14ClN3O2. The second-order valence-electron chi connectivity index (χ2n) is 4.56. The first-order chi connectivity index (χ1) is 11.1. The summed E-state index contributed by atoms with van der Waals surface area (Å²) in [6.45, 7) is 0.241. The van der Waals surface area contributed by atoms with E-state index >= 15 is 0 Å². The number of benzene rings is 1. The fourth-order valence-corrected chi connectivity index (χ4v) is 2.07. The quantitative estimate of drug-likeness (QED) is 0.676. The van der Waals surface area contributed by atoms with E-state index in [0.717, 1.165) is 0 Å². The number of methoxy groups -OCH3 is 1. The summed E-state index contributed by atoms with van der Waals surface area (Å²) in [5.41, 5.74) is 1.23. The van der Waals surface area contributed by atoms with Crippen molar-refractivity contribution in [3.8, 4) is 11.8 Å². The molecule has 2 rings (SSSR count). The molecule has 1 aromatic carbocycles. The summed E-state index contributed by atoms with van der Waals surface area (Å²) >= 11 is 5.94. The zero-order chi connectivity index (χ0) is 16.7. The van der Waals surface area contributed by atoms with E-state index in [9.17, 15) is 10.1 Å². The Kier molecular flexibility index (Phi) is 5.73. The molecule has 0 spiro atoms. The fraction of sp³-hybridized carbons (Fsp3) is 0.118. The van der Waals surface area contributed by atoms with Crippen LogP contribution in [0.1, 0.15) is 11.3 Å². The molecule has 0 aliphatic carbocycles. The second kappa shape index (κ2) is 7.97.